The summed E-state index contributed by atoms with van der Waals surface area (Å²) < 4.78 is 0. The molecule has 0 aromatic carbocycles. The van der Waals surface area contributed by atoms with Gasteiger partial charge in [0.1, 0.15) is 0 Å². The van der Waals surface area contributed by atoms with Gasteiger partial charge in [-0.25, -0.2) is 0 Å². The Hall–Kier alpha value is -0.0400. The number of hydrogen-bond acceptors (Lipinski definition) is 1. The zero-order valence-corrected chi connectivity index (χ0v) is 12.1. The maximum absolute atomic E-state index is 3.75. The van der Waals surface area contributed by atoms with Crippen molar-refractivity contribution in [2.75, 3.05) is 6.54 Å². The van der Waals surface area contributed by atoms with Crippen LogP contribution in [0.2, 0.25) is 0 Å². The largest absolute Gasteiger partial charge is 0.312 e. The van der Waals surface area contributed by atoms with Crippen LogP contribution in [0, 0.1) is 17.8 Å². The van der Waals surface area contributed by atoms with Crippen molar-refractivity contribution >= 4 is 0 Å². The fourth-order valence-electron chi connectivity index (χ4n) is 3.93. The first-order valence-corrected chi connectivity index (χ1v) is 7.81. The summed E-state index contributed by atoms with van der Waals surface area (Å²) in [5.41, 5.74) is 0.289. The van der Waals surface area contributed by atoms with E-state index in [1.165, 1.54) is 57.9 Å². The molecular weight excluding hydrogens is 206 g/mol. The molecule has 2 aliphatic carbocycles. The molecule has 17 heavy (non-hydrogen) atoms. The SMILES string of the molecule is CC(C)(C)NCC1CCCCC1C1CCCC1. The Kier molecular flexibility index (Phi) is 4.52. The van der Waals surface area contributed by atoms with Crippen LogP contribution in [-0.2, 0) is 0 Å². The van der Waals surface area contributed by atoms with Gasteiger partial charge in [-0.2, -0.15) is 0 Å². The summed E-state index contributed by atoms with van der Waals surface area (Å²) in [6.07, 6.45) is 12.0. The average molecular weight is 237 g/mol. The van der Waals surface area contributed by atoms with Crippen LogP contribution >= 0.6 is 0 Å². The van der Waals surface area contributed by atoms with E-state index in [0.717, 1.165) is 17.8 Å². The third kappa shape index (κ3) is 3.98. The van der Waals surface area contributed by atoms with Gasteiger partial charge in [0.2, 0.25) is 0 Å². The first-order valence-electron chi connectivity index (χ1n) is 7.81. The minimum atomic E-state index is 0.289. The van der Waals surface area contributed by atoms with Crippen LogP contribution in [0.3, 0.4) is 0 Å². The molecule has 0 saturated heterocycles. The fourth-order valence-corrected chi connectivity index (χ4v) is 3.93. The van der Waals surface area contributed by atoms with Crippen LogP contribution in [0.15, 0.2) is 0 Å². The molecule has 1 heteroatoms. The van der Waals surface area contributed by atoms with Crippen LogP contribution in [0.5, 0.6) is 0 Å². The first-order chi connectivity index (χ1) is 8.06. The number of rotatable bonds is 3. The molecule has 0 spiro atoms. The standard InChI is InChI=1S/C16H31N/c1-16(2,3)17-12-14-10-6-7-11-15(14)13-8-4-5-9-13/h13-15,17H,4-12H2,1-3H3. The van der Waals surface area contributed by atoms with E-state index in [0.29, 0.717) is 0 Å². The van der Waals surface area contributed by atoms with Crippen LogP contribution in [0.4, 0.5) is 0 Å². The van der Waals surface area contributed by atoms with E-state index < -0.39 is 0 Å². The van der Waals surface area contributed by atoms with Crippen molar-refractivity contribution in [3.63, 3.8) is 0 Å². The monoisotopic (exact) mass is 237 g/mol. The van der Waals surface area contributed by atoms with Crippen molar-refractivity contribution in [2.45, 2.75) is 77.7 Å². The zero-order chi connectivity index (χ0) is 12.3. The van der Waals surface area contributed by atoms with E-state index in [2.05, 4.69) is 26.1 Å². The van der Waals surface area contributed by atoms with E-state index in [9.17, 15) is 0 Å². The van der Waals surface area contributed by atoms with Crippen molar-refractivity contribution in [3.8, 4) is 0 Å². The smallest absolute Gasteiger partial charge is 0.00966 e. The topological polar surface area (TPSA) is 12.0 Å². The van der Waals surface area contributed by atoms with E-state index in [1.54, 1.807) is 0 Å². The maximum atomic E-state index is 3.75. The van der Waals surface area contributed by atoms with E-state index in [1.807, 2.05) is 0 Å². The Balaban J connectivity index is 1.87. The summed E-state index contributed by atoms with van der Waals surface area (Å²) in [6, 6.07) is 0. The molecule has 100 valence electrons. The highest BCUT2D eigenvalue weighted by Gasteiger charge is 2.33. The summed E-state index contributed by atoms with van der Waals surface area (Å²) in [5.74, 6) is 3.08. The van der Waals surface area contributed by atoms with Gasteiger partial charge in [0.05, 0.1) is 0 Å². The van der Waals surface area contributed by atoms with Crippen molar-refractivity contribution in [1.82, 2.24) is 5.32 Å². The predicted molar refractivity (Wildman–Crippen MR) is 75.2 cm³/mol. The average Bonchev–Trinajstić information content (AvgIpc) is 2.79. The lowest BCUT2D eigenvalue weighted by Crippen LogP contribution is -2.42. The molecule has 1 N–H and O–H groups in total. The molecule has 1 nitrogen and oxygen atoms in total. The minimum absolute atomic E-state index is 0.289. The van der Waals surface area contributed by atoms with E-state index in [4.69, 9.17) is 0 Å². The second-order valence-electron chi connectivity index (χ2n) is 7.38. The predicted octanol–water partition coefficient (Wildman–Crippen LogP) is 4.37. The van der Waals surface area contributed by atoms with Crippen LogP contribution in [0.25, 0.3) is 0 Å². The van der Waals surface area contributed by atoms with Crippen LogP contribution < -0.4 is 5.32 Å². The Morgan fingerprint density at radius 3 is 2.12 bits per heavy atom. The van der Waals surface area contributed by atoms with Gasteiger partial charge in [-0.05, 0) is 57.9 Å². The normalized spacial score (nSPS) is 31.9. The van der Waals surface area contributed by atoms with Gasteiger partial charge in [-0.15, -0.1) is 0 Å². The Morgan fingerprint density at radius 1 is 0.882 bits per heavy atom. The summed E-state index contributed by atoms with van der Waals surface area (Å²) in [7, 11) is 0. The lowest BCUT2D eigenvalue weighted by molar-refractivity contribution is 0.151. The molecule has 2 fully saturated rings. The molecule has 0 amide bonds. The molecule has 0 bridgehead atoms. The molecule has 0 aromatic heterocycles. The minimum Gasteiger partial charge on any atom is -0.312 e. The van der Waals surface area contributed by atoms with Gasteiger partial charge in [0.15, 0.2) is 0 Å². The molecule has 2 saturated carbocycles. The van der Waals surface area contributed by atoms with E-state index in [-0.39, 0.29) is 5.54 Å². The van der Waals surface area contributed by atoms with Gasteiger partial charge in [0.25, 0.3) is 0 Å². The molecule has 0 heterocycles. The van der Waals surface area contributed by atoms with Gasteiger partial charge in [-0.3, -0.25) is 0 Å². The molecular formula is C16H31N. The van der Waals surface area contributed by atoms with Crippen molar-refractivity contribution in [1.29, 1.82) is 0 Å². The molecule has 0 aromatic rings. The maximum Gasteiger partial charge on any atom is 0.00966 e. The van der Waals surface area contributed by atoms with Gasteiger partial charge in [-0.1, -0.05) is 38.5 Å². The summed E-state index contributed by atoms with van der Waals surface area (Å²) >= 11 is 0. The van der Waals surface area contributed by atoms with Gasteiger partial charge < -0.3 is 5.32 Å². The second-order valence-corrected chi connectivity index (χ2v) is 7.38. The zero-order valence-electron chi connectivity index (χ0n) is 12.1. The molecule has 2 unspecified atom stereocenters. The summed E-state index contributed by atoms with van der Waals surface area (Å²) in [4.78, 5) is 0. The quantitative estimate of drug-likeness (QED) is 0.768. The Morgan fingerprint density at radius 2 is 1.47 bits per heavy atom. The van der Waals surface area contributed by atoms with Gasteiger partial charge >= 0.3 is 0 Å². The first kappa shape index (κ1) is 13.4. The highest BCUT2D eigenvalue weighted by Crippen LogP contribution is 2.42. The highest BCUT2D eigenvalue weighted by molar-refractivity contribution is 4.86. The molecule has 2 atom stereocenters. The van der Waals surface area contributed by atoms with Crippen LogP contribution in [0.1, 0.15) is 72.1 Å². The van der Waals surface area contributed by atoms with Crippen molar-refractivity contribution in [2.24, 2.45) is 17.8 Å². The Labute approximate surface area is 108 Å². The molecule has 2 aliphatic rings. The van der Waals surface area contributed by atoms with Gasteiger partial charge in [0, 0.05) is 5.54 Å². The summed E-state index contributed by atoms with van der Waals surface area (Å²) in [6.45, 7) is 8.13. The van der Waals surface area contributed by atoms with E-state index >= 15 is 0 Å². The number of nitrogens with one attached hydrogen (secondary N) is 1. The number of hydrogen-bond donors (Lipinski definition) is 1. The van der Waals surface area contributed by atoms with Crippen LogP contribution in [-0.4, -0.2) is 12.1 Å². The third-order valence-corrected chi connectivity index (χ3v) is 4.87. The molecule has 0 aliphatic heterocycles. The second kappa shape index (κ2) is 5.73. The van der Waals surface area contributed by atoms with Crippen molar-refractivity contribution in [3.05, 3.63) is 0 Å². The Bertz CT molecular complexity index is 222. The van der Waals surface area contributed by atoms with Crippen molar-refractivity contribution < 1.29 is 0 Å². The molecule has 0 radical (unpaired) electrons. The summed E-state index contributed by atoms with van der Waals surface area (Å²) in [5, 5.41) is 3.75. The molecule has 2 rings (SSSR count). The lowest BCUT2D eigenvalue weighted by Gasteiger charge is -2.37. The lowest BCUT2D eigenvalue weighted by atomic mass is 9.71. The highest BCUT2D eigenvalue weighted by atomic mass is 14.9. The fraction of sp³-hybridized carbons (Fsp3) is 1.00. The third-order valence-electron chi connectivity index (χ3n) is 4.87.